The first-order chi connectivity index (χ1) is 11.6. The smallest absolute Gasteiger partial charge is 0.324 e. The molecule has 0 aliphatic carbocycles. The van der Waals surface area contributed by atoms with Crippen LogP contribution in [0.5, 0.6) is 0 Å². The van der Waals surface area contributed by atoms with Gasteiger partial charge in [0.1, 0.15) is 6.04 Å². The number of nitrogens with zero attached hydrogens (tertiary/aromatic N) is 2. The average molecular weight is 355 g/mol. The van der Waals surface area contributed by atoms with Gasteiger partial charge in [-0.25, -0.2) is 0 Å². The van der Waals surface area contributed by atoms with E-state index in [4.69, 9.17) is 0 Å². The van der Waals surface area contributed by atoms with Crippen LogP contribution in [0, 0.1) is 10.1 Å². The third-order valence-corrected chi connectivity index (χ3v) is 3.42. The maximum atomic E-state index is 12.9. The van der Waals surface area contributed by atoms with Gasteiger partial charge in [-0.2, -0.15) is 13.2 Å². The van der Waals surface area contributed by atoms with E-state index in [0.29, 0.717) is 0 Å². The second-order valence-corrected chi connectivity index (χ2v) is 5.10. The number of halogens is 3. The SMILES string of the molecule is CC(C(=O)Nc1ccccc1C(F)(F)F)n1cc([N+](=O)[O-])ccc1=O. The number of carbonyl (C=O) groups excluding carboxylic acids is 1. The monoisotopic (exact) mass is 355 g/mol. The van der Waals surface area contributed by atoms with Gasteiger partial charge >= 0.3 is 6.18 Å². The van der Waals surface area contributed by atoms with E-state index >= 15 is 0 Å². The standard InChI is InChI=1S/C15H12F3N3O4/c1-9(20-8-10(21(24)25)6-7-13(20)22)14(23)19-12-5-3-2-4-11(12)15(16,17)18/h2-9H,1H3,(H,19,23). The summed E-state index contributed by atoms with van der Waals surface area (Å²) >= 11 is 0. The van der Waals surface area contributed by atoms with Crippen molar-refractivity contribution in [2.24, 2.45) is 0 Å². The van der Waals surface area contributed by atoms with Gasteiger partial charge in [0.05, 0.1) is 22.4 Å². The van der Waals surface area contributed by atoms with Crippen molar-refractivity contribution in [3.8, 4) is 0 Å². The zero-order chi connectivity index (χ0) is 18.8. The molecule has 132 valence electrons. The number of hydrogen-bond donors (Lipinski definition) is 1. The molecule has 0 saturated heterocycles. The number of para-hydroxylation sites is 1. The van der Waals surface area contributed by atoms with Crippen molar-refractivity contribution in [2.75, 3.05) is 5.32 Å². The predicted octanol–water partition coefficient (Wildman–Crippen LogP) is 2.98. The van der Waals surface area contributed by atoms with Crippen molar-refractivity contribution in [1.82, 2.24) is 4.57 Å². The summed E-state index contributed by atoms with van der Waals surface area (Å²) in [6.45, 7) is 1.25. The third kappa shape index (κ3) is 4.03. The molecule has 2 aromatic rings. The average Bonchev–Trinajstić information content (AvgIpc) is 2.53. The Labute approximate surface area is 138 Å². The molecule has 0 bridgehead atoms. The summed E-state index contributed by atoms with van der Waals surface area (Å²) in [5.41, 5.74) is -2.63. The van der Waals surface area contributed by atoms with Crippen LogP contribution in [-0.4, -0.2) is 15.4 Å². The van der Waals surface area contributed by atoms with Crippen molar-refractivity contribution >= 4 is 17.3 Å². The van der Waals surface area contributed by atoms with E-state index in [1.165, 1.54) is 19.1 Å². The summed E-state index contributed by atoms with van der Waals surface area (Å²) in [7, 11) is 0. The second-order valence-electron chi connectivity index (χ2n) is 5.10. The van der Waals surface area contributed by atoms with Gasteiger partial charge < -0.3 is 5.32 Å². The molecule has 7 nitrogen and oxygen atoms in total. The van der Waals surface area contributed by atoms with Crippen molar-refractivity contribution in [3.63, 3.8) is 0 Å². The lowest BCUT2D eigenvalue weighted by molar-refractivity contribution is -0.385. The molecule has 2 rings (SSSR count). The molecule has 0 saturated carbocycles. The first-order valence-corrected chi connectivity index (χ1v) is 6.95. The Balaban J connectivity index is 2.33. The Morgan fingerprint density at radius 1 is 1.24 bits per heavy atom. The van der Waals surface area contributed by atoms with E-state index < -0.39 is 45.5 Å². The molecule has 25 heavy (non-hydrogen) atoms. The minimum Gasteiger partial charge on any atom is -0.324 e. The molecule has 1 aromatic carbocycles. The summed E-state index contributed by atoms with van der Waals surface area (Å²) in [4.78, 5) is 34.0. The fourth-order valence-corrected chi connectivity index (χ4v) is 2.11. The molecule has 0 aliphatic rings. The molecular weight excluding hydrogens is 343 g/mol. The number of hydrogen-bond acceptors (Lipinski definition) is 4. The van der Waals surface area contributed by atoms with Gasteiger partial charge in [0.25, 0.3) is 11.2 Å². The Bertz CT molecular complexity index is 877. The molecular formula is C15H12F3N3O4. The number of nitro groups is 1. The Morgan fingerprint density at radius 2 is 1.88 bits per heavy atom. The maximum absolute atomic E-state index is 12.9. The number of rotatable bonds is 4. The number of aromatic nitrogens is 1. The Morgan fingerprint density at radius 3 is 2.48 bits per heavy atom. The lowest BCUT2D eigenvalue weighted by atomic mass is 10.1. The van der Waals surface area contributed by atoms with Crippen molar-refractivity contribution in [3.05, 3.63) is 68.6 Å². The maximum Gasteiger partial charge on any atom is 0.418 e. The minimum absolute atomic E-state index is 0.421. The Hall–Kier alpha value is -3.17. The highest BCUT2D eigenvalue weighted by Crippen LogP contribution is 2.34. The van der Waals surface area contributed by atoms with Crippen LogP contribution in [0.4, 0.5) is 24.5 Å². The first kappa shape index (κ1) is 18.2. The van der Waals surface area contributed by atoms with Gasteiger partial charge in [0, 0.05) is 12.1 Å². The normalized spacial score (nSPS) is 12.5. The van der Waals surface area contributed by atoms with Crippen LogP contribution in [0.1, 0.15) is 18.5 Å². The van der Waals surface area contributed by atoms with Crippen molar-refractivity contribution in [1.29, 1.82) is 0 Å². The highest BCUT2D eigenvalue weighted by Gasteiger charge is 2.34. The summed E-state index contributed by atoms with van der Waals surface area (Å²) in [5.74, 6) is -0.917. The van der Waals surface area contributed by atoms with Gasteiger partial charge in [-0.3, -0.25) is 24.3 Å². The van der Waals surface area contributed by atoms with Gasteiger partial charge in [-0.15, -0.1) is 0 Å². The van der Waals surface area contributed by atoms with Crippen LogP contribution in [0.25, 0.3) is 0 Å². The van der Waals surface area contributed by atoms with Crippen LogP contribution in [0.3, 0.4) is 0 Å². The van der Waals surface area contributed by atoms with E-state index in [1.807, 2.05) is 0 Å². The van der Waals surface area contributed by atoms with Crippen molar-refractivity contribution < 1.29 is 22.9 Å². The van der Waals surface area contributed by atoms with E-state index in [0.717, 1.165) is 35.0 Å². The van der Waals surface area contributed by atoms with Gasteiger partial charge in [-0.1, -0.05) is 12.1 Å². The number of alkyl halides is 3. The lowest BCUT2D eigenvalue weighted by Crippen LogP contribution is -2.31. The molecule has 1 atom stereocenters. The number of nitrogens with one attached hydrogen (secondary N) is 1. The molecule has 1 aromatic heterocycles. The highest BCUT2D eigenvalue weighted by atomic mass is 19.4. The van der Waals surface area contributed by atoms with Crippen LogP contribution in [-0.2, 0) is 11.0 Å². The largest absolute Gasteiger partial charge is 0.418 e. The summed E-state index contributed by atoms with van der Waals surface area (Å²) in [6, 6.07) is 4.99. The lowest BCUT2D eigenvalue weighted by Gasteiger charge is -2.17. The Kier molecular flexibility index (Phi) is 4.91. The third-order valence-electron chi connectivity index (χ3n) is 3.42. The van der Waals surface area contributed by atoms with E-state index in [9.17, 15) is 32.9 Å². The molecule has 1 heterocycles. The van der Waals surface area contributed by atoms with E-state index in [2.05, 4.69) is 5.32 Å². The van der Waals surface area contributed by atoms with Crippen LogP contribution < -0.4 is 10.9 Å². The number of amides is 1. The fourth-order valence-electron chi connectivity index (χ4n) is 2.11. The van der Waals surface area contributed by atoms with Crippen molar-refractivity contribution in [2.45, 2.75) is 19.1 Å². The molecule has 1 N–H and O–H groups in total. The molecule has 0 fully saturated rings. The van der Waals surface area contributed by atoms with Crippen LogP contribution in [0.2, 0.25) is 0 Å². The molecule has 1 unspecified atom stereocenters. The summed E-state index contributed by atoms with van der Waals surface area (Å²) < 4.78 is 39.6. The second kappa shape index (κ2) is 6.75. The van der Waals surface area contributed by atoms with Crippen LogP contribution in [0.15, 0.2) is 47.4 Å². The zero-order valence-corrected chi connectivity index (χ0v) is 12.8. The van der Waals surface area contributed by atoms with Gasteiger partial charge in [0.2, 0.25) is 5.91 Å². The minimum atomic E-state index is -4.67. The quantitative estimate of drug-likeness (QED) is 0.674. The summed E-state index contributed by atoms with van der Waals surface area (Å²) in [6.07, 6.45) is -3.81. The summed E-state index contributed by atoms with van der Waals surface area (Å²) in [5, 5.41) is 12.9. The van der Waals surface area contributed by atoms with Gasteiger partial charge in [0.15, 0.2) is 0 Å². The fraction of sp³-hybridized carbons (Fsp3) is 0.200. The number of carbonyl (C=O) groups is 1. The molecule has 10 heteroatoms. The molecule has 0 radical (unpaired) electrons. The van der Waals surface area contributed by atoms with E-state index in [1.54, 1.807) is 0 Å². The highest BCUT2D eigenvalue weighted by molar-refractivity contribution is 5.94. The predicted molar refractivity (Wildman–Crippen MR) is 82.1 cm³/mol. The van der Waals surface area contributed by atoms with Crippen LogP contribution >= 0.6 is 0 Å². The number of pyridine rings is 1. The number of benzene rings is 1. The molecule has 0 aliphatic heterocycles. The first-order valence-electron chi connectivity index (χ1n) is 6.95. The molecule has 0 spiro atoms. The van der Waals surface area contributed by atoms with E-state index in [-0.39, 0.29) is 0 Å². The molecule has 1 amide bonds. The topological polar surface area (TPSA) is 94.2 Å². The zero-order valence-electron chi connectivity index (χ0n) is 12.8. The van der Waals surface area contributed by atoms with Gasteiger partial charge in [-0.05, 0) is 19.1 Å². The number of anilines is 1.